The Hall–Kier alpha value is -8.63. The van der Waals surface area contributed by atoms with Crippen LogP contribution in [0.4, 0.5) is 34.1 Å². The normalized spacial score (nSPS) is 14.9. The molecule has 0 saturated heterocycles. The molecule has 0 radical (unpaired) electrons. The maximum atomic E-state index is 6.67. The molecule has 69 heavy (non-hydrogen) atoms. The van der Waals surface area contributed by atoms with Gasteiger partial charge in [-0.15, -0.1) is 0 Å². The quantitative estimate of drug-likeness (QED) is 0.143. The van der Waals surface area contributed by atoms with Gasteiger partial charge in [0.1, 0.15) is 0 Å². The number of hydrogen-bond acceptors (Lipinski definition) is 5. The van der Waals surface area contributed by atoms with Crippen molar-refractivity contribution in [3.05, 3.63) is 267 Å². The standard InChI is InChI=1S/C62H46N4OSi2/c1-5-27-49(28-6-1)68(50-29-7-2-8-30-50)57-39-17-13-35-53(57)65(54-36-14-18-40-58(54)68)47-25-21-23-45(43-47)61-63-64-62(67-61)46-24-22-26-48(44-46)66-55-37-15-19-41-59(55)69(51-31-9-3-10-32-51,52-33-11-4-12-34-52)60-42-20-16-38-56(60)66/h1-44,68-69H/q-2. The Morgan fingerprint density at radius 2 is 0.551 bits per heavy atom. The van der Waals surface area contributed by atoms with E-state index in [9.17, 15) is 0 Å². The van der Waals surface area contributed by atoms with E-state index in [4.69, 9.17) is 14.6 Å². The second kappa shape index (κ2) is 16.6. The van der Waals surface area contributed by atoms with Crippen LogP contribution in [-0.4, -0.2) is 26.3 Å². The zero-order valence-electron chi connectivity index (χ0n) is 37.8. The van der Waals surface area contributed by atoms with Crippen LogP contribution in [0.25, 0.3) is 22.9 Å². The average Bonchev–Trinajstić information content (AvgIpc) is 3.94. The van der Waals surface area contributed by atoms with Gasteiger partial charge < -0.3 is 0 Å². The molecule has 11 aromatic rings. The minimum atomic E-state index is -3.18. The fraction of sp³-hybridized carbons (Fsp3) is 0. The summed E-state index contributed by atoms with van der Waals surface area (Å²) in [6, 6.07) is 97.7. The van der Waals surface area contributed by atoms with Gasteiger partial charge in [0, 0.05) is 0 Å². The Bertz CT molecular complexity index is 3240. The van der Waals surface area contributed by atoms with E-state index >= 15 is 0 Å². The molecule has 0 aliphatic carbocycles. The number of para-hydroxylation sites is 4. The number of nitrogens with zero attached hydrogens (tertiary/aromatic N) is 4. The molecule has 0 spiro atoms. The van der Waals surface area contributed by atoms with E-state index in [1.165, 1.54) is 64.2 Å². The SMILES string of the molecule is c1ccc([SiH-]2(c3ccccc3)c3ccccc3N(c3cccc(-c4nnc(-c5cccc(N6c7ccccc7[SiH-](c7ccccc7)(c7ccccc7)c7ccccc76)c5)o4)c3)c3ccccc32)cc1. The maximum absolute atomic E-state index is 6.67. The summed E-state index contributed by atoms with van der Waals surface area (Å²) >= 11 is 0. The molecule has 1 aromatic heterocycles. The number of benzene rings is 10. The predicted octanol–water partition coefficient (Wildman–Crippen LogP) is 9.19. The van der Waals surface area contributed by atoms with Gasteiger partial charge in [-0.1, -0.05) is 0 Å². The summed E-state index contributed by atoms with van der Waals surface area (Å²) in [5.74, 6) is 0.928. The van der Waals surface area contributed by atoms with Crippen LogP contribution in [0.15, 0.2) is 271 Å². The molecule has 330 valence electrons. The molecular weight excluding hydrogens is 873 g/mol. The van der Waals surface area contributed by atoms with Crippen LogP contribution in [-0.2, 0) is 0 Å². The van der Waals surface area contributed by atoms with Gasteiger partial charge in [0.2, 0.25) is 0 Å². The fourth-order valence-electron chi connectivity index (χ4n) is 12.2. The van der Waals surface area contributed by atoms with E-state index in [1.54, 1.807) is 0 Å². The van der Waals surface area contributed by atoms with Crippen molar-refractivity contribution in [1.82, 2.24) is 10.2 Å². The predicted molar refractivity (Wildman–Crippen MR) is 292 cm³/mol. The summed E-state index contributed by atoms with van der Waals surface area (Å²) in [6.45, 7) is 0. The second-order valence-electron chi connectivity index (χ2n) is 18.3. The average molecular weight is 919 g/mol. The van der Waals surface area contributed by atoms with Gasteiger partial charge in [-0.25, -0.2) is 0 Å². The summed E-state index contributed by atoms with van der Waals surface area (Å²) < 4.78 is 6.67. The molecule has 2 aliphatic heterocycles. The van der Waals surface area contributed by atoms with E-state index in [0.29, 0.717) is 11.8 Å². The van der Waals surface area contributed by atoms with Crippen molar-refractivity contribution < 1.29 is 4.42 Å². The first-order chi connectivity index (χ1) is 34.2. The summed E-state index contributed by atoms with van der Waals surface area (Å²) in [6.07, 6.45) is 0. The molecule has 0 atom stereocenters. The zero-order valence-corrected chi connectivity index (χ0v) is 40.1. The Kier molecular flexibility index (Phi) is 9.78. The van der Waals surface area contributed by atoms with Crippen LogP contribution < -0.4 is 51.3 Å². The molecule has 0 bridgehead atoms. The second-order valence-corrected chi connectivity index (χ2v) is 26.9. The van der Waals surface area contributed by atoms with Gasteiger partial charge in [-0.3, -0.25) is 0 Å². The molecule has 3 heterocycles. The molecule has 0 fully saturated rings. The van der Waals surface area contributed by atoms with Crippen molar-refractivity contribution in [3.8, 4) is 22.9 Å². The Labute approximate surface area is 403 Å². The molecule has 0 amide bonds. The van der Waals surface area contributed by atoms with Crippen molar-refractivity contribution in [1.29, 1.82) is 0 Å². The van der Waals surface area contributed by atoms with Crippen molar-refractivity contribution in [2.75, 3.05) is 9.80 Å². The summed E-state index contributed by atoms with van der Waals surface area (Å²) in [7, 11) is -6.36. The Morgan fingerprint density at radius 3 is 0.855 bits per heavy atom. The summed E-state index contributed by atoms with van der Waals surface area (Å²) in [4.78, 5) is 4.84. The number of anilines is 6. The Morgan fingerprint density at radius 1 is 0.275 bits per heavy atom. The zero-order chi connectivity index (χ0) is 45.8. The van der Waals surface area contributed by atoms with Gasteiger partial charge >= 0.3 is 406 Å². The first-order valence-electron chi connectivity index (χ1n) is 23.8. The third-order valence-electron chi connectivity index (χ3n) is 14.9. The van der Waals surface area contributed by atoms with Gasteiger partial charge in [-0.05, 0) is 0 Å². The fourth-order valence-corrected chi connectivity index (χ4v) is 24.0. The van der Waals surface area contributed by atoms with Crippen molar-refractivity contribution in [3.63, 3.8) is 0 Å². The van der Waals surface area contributed by atoms with Gasteiger partial charge in [0.05, 0.1) is 0 Å². The van der Waals surface area contributed by atoms with Crippen LogP contribution in [0.2, 0.25) is 0 Å². The monoisotopic (exact) mass is 918 g/mol. The molecular formula is C62H46N4OSi2-2. The molecule has 5 nitrogen and oxygen atoms in total. The van der Waals surface area contributed by atoms with Crippen LogP contribution in [0, 0.1) is 0 Å². The van der Waals surface area contributed by atoms with Crippen molar-refractivity contribution in [2.24, 2.45) is 0 Å². The van der Waals surface area contributed by atoms with Crippen LogP contribution in [0.1, 0.15) is 0 Å². The van der Waals surface area contributed by atoms with E-state index in [0.717, 1.165) is 22.5 Å². The summed E-state index contributed by atoms with van der Waals surface area (Å²) in [5.41, 5.74) is 8.48. The molecule has 0 N–H and O–H groups in total. The minimum absolute atomic E-state index is 0.464. The van der Waals surface area contributed by atoms with Crippen LogP contribution >= 0.6 is 0 Å². The molecule has 0 saturated carbocycles. The number of hydrogen-bond donors (Lipinski definition) is 0. The van der Waals surface area contributed by atoms with Gasteiger partial charge in [0.15, 0.2) is 0 Å². The third-order valence-corrected chi connectivity index (χ3v) is 26.1. The third kappa shape index (κ3) is 6.28. The van der Waals surface area contributed by atoms with Crippen LogP contribution in [0.3, 0.4) is 0 Å². The molecule has 2 aliphatic rings. The number of rotatable bonds is 8. The first kappa shape index (κ1) is 40.6. The van der Waals surface area contributed by atoms with Gasteiger partial charge in [0.25, 0.3) is 0 Å². The van der Waals surface area contributed by atoms with Gasteiger partial charge in [-0.2, -0.15) is 0 Å². The van der Waals surface area contributed by atoms with E-state index in [2.05, 4.69) is 277 Å². The number of aromatic nitrogens is 2. The molecule has 7 heteroatoms. The van der Waals surface area contributed by atoms with E-state index in [-0.39, 0.29) is 0 Å². The van der Waals surface area contributed by atoms with Crippen LogP contribution in [0.5, 0.6) is 0 Å². The van der Waals surface area contributed by atoms with E-state index in [1.807, 2.05) is 0 Å². The Balaban J connectivity index is 0.896. The summed E-state index contributed by atoms with van der Waals surface area (Å²) in [5, 5.41) is 20.4. The van der Waals surface area contributed by atoms with E-state index < -0.39 is 16.1 Å². The topological polar surface area (TPSA) is 45.4 Å². The molecule has 10 aromatic carbocycles. The molecule has 0 unspecified atom stereocenters. The van der Waals surface area contributed by atoms with Crippen molar-refractivity contribution >= 4 is 91.8 Å². The number of fused-ring (bicyclic) bond motifs is 4. The first-order valence-corrected chi connectivity index (χ1v) is 28.4. The molecule has 13 rings (SSSR count). The van der Waals surface area contributed by atoms with Crippen molar-refractivity contribution in [2.45, 2.75) is 0 Å².